The number of amides is 1. The lowest BCUT2D eigenvalue weighted by atomic mass is 10.2. The van der Waals surface area contributed by atoms with Crippen molar-refractivity contribution in [2.24, 2.45) is 0 Å². The molecular weight excluding hydrogens is 332 g/mol. The summed E-state index contributed by atoms with van der Waals surface area (Å²) in [5.74, 6) is -1.14. The van der Waals surface area contributed by atoms with Crippen LogP contribution in [0.15, 0.2) is 42.6 Å². The molecule has 0 unspecified atom stereocenters. The van der Waals surface area contributed by atoms with Gasteiger partial charge in [-0.2, -0.15) is 0 Å². The first-order chi connectivity index (χ1) is 11.6. The number of carbonyl (C=O) groups is 2. The SMILES string of the molecule is COC(=O)c1cc(NC(=O)c2nc3ccccc3nc2Cl)ccn1. The maximum Gasteiger partial charge on any atom is 0.356 e. The largest absolute Gasteiger partial charge is 0.464 e. The first kappa shape index (κ1) is 15.8. The van der Waals surface area contributed by atoms with Gasteiger partial charge < -0.3 is 10.1 Å². The molecule has 2 aromatic heterocycles. The molecule has 0 bridgehead atoms. The third-order valence-electron chi connectivity index (χ3n) is 3.16. The van der Waals surface area contributed by atoms with Crippen LogP contribution in [0.4, 0.5) is 5.69 Å². The molecule has 24 heavy (non-hydrogen) atoms. The van der Waals surface area contributed by atoms with E-state index in [2.05, 4.69) is 25.0 Å². The van der Waals surface area contributed by atoms with E-state index in [0.29, 0.717) is 16.7 Å². The maximum atomic E-state index is 12.4. The van der Waals surface area contributed by atoms with Crippen LogP contribution in [-0.2, 0) is 4.74 Å². The summed E-state index contributed by atoms with van der Waals surface area (Å²) in [4.78, 5) is 36.1. The molecule has 1 aromatic carbocycles. The molecule has 0 atom stereocenters. The zero-order chi connectivity index (χ0) is 17.1. The van der Waals surface area contributed by atoms with Crippen molar-refractivity contribution in [2.45, 2.75) is 0 Å². The van der Waals surface area contributed by atoms with Crippen LogP contribution < -0.4 is 5.32 Å². The molecule has 7 nitrogen and oxygen atoms in total. The van der Waals surface area contributed by atoms with E-state index >= 15 is 0 Å². The van der Waals surface area contributed by atoms with Crippen molar-refractivity contribution in [1.29, 1.82) is 0 Å². The number of methoxy groups -OCH3 is 1. The van der Waals surface area contributed by atoms with E-state index in [4.69, 9.17) is 11.6 Å². The molecule has 0 aliphatic heterocycles. The number of hydrogen-bond acceptors (Lipinski definition) is 6. The van der Waals surface area contributed by atoms with Crippen molar-refractivity contribution < 1.29 is 14.3 Å². The van der Waals surface area contributed by atoms with E-state index in [-0.39, 0.29) is 16.5 Å². The molecule has 0 radical (unpaired) electrons. The Morgan fingerprint density at radius 1 is 1.12 bits per heavy atom. The molecular formula is C16H11ClN4O3. The number of pyridine rings is 1. The summed E-state index contributed by atoms with van der Waals surface area (Å²) in [5, 5.41) is 2.60. The minimum atomic E-state index is -0.602. The van der Waals surface area contributed by atoms with Gasteiger partial charge in [0.05, 0.1) is 18.1 Å². The highest BCUT2D eigenvalue weighted by Crippen LogP contribution is 2.18. The number of benzene rings is 1. The number of fused-ring (bicyclic) bond motifs is 1. The highest BCUT2D eigenvalue weighted by Gasteiger charge is 2.16. The number of halogens is 1. The Morgan fingerprint density at radius 3 is 2.54 bits per heavy atom. The number of rotatable bonds is 3. The maximum absolute atomic E-state index is 12.4. The molecule has 8 heteroatoms. The Hall–Kier alpha value is -3.06. The molecule has 1 N–H and O–H groups in total. The number of anilines is 1. The van der Waals surface area contributed by atoms with Crippen molar-refractivity contribution in [3.05, 3.63) is 59.1 Å². The standard InChI is InChI=1S/C16H11ClN4O3/c1-24-16(23)12-8-9(6-7-18-12)19-15(22)13-14(17)21-11-5-3-2-4-10(11)20-13/h2-8H,1H3,(H,18,19,22). The van der Waals surface area contributed by atoms with Crippen LogP contribution in [0.2, 0.25) is 5.15 Å². The van der Waals surface area contributed by atoms with Gasteiger partial charge in [0.1, 0.15) is 5.69 Å². The summed E-state index contributed by atoms with van der Waals surface area (Å²) >= 11 is 6.05. The molecule has 0 saturated carbocycles. The molecule has 1 amide bonds. The summed E-state index contributed by atoms with van der Waals surface area (Å²) < 4.78 is 4.59. The molecule has 3 rings (SSSR count). The second-order valence-corrected chi connectivity index (χ2v) is 5.09. The predicted molar refractivity (Wildman–Crippen MR) is 88.1 cm³/mol. The van der Waals surface area contributed by atoms with Gasteiger partial charge in [-0.1, -0.05) is 23.7 Å². The number of ether oxygens (including phenoxy) is 1. The van der Waals surface area contributed by atoms with E-state index < -0.39 is 11.9 Å². The average Bonchev–Trinajstić information content (AvgIpc) is 2.60. The number of aromatic nitrogens is 3. The molecule has 0 fully saturated rings. The lowest BCUT2D eigenvalue weighted by molar-refractivity contribution is 0.0594. The van der Waals surface area contributed by atoms with Crippen LogP contribution in [0.1, 0.15) is 21.0 Å². The van der Waals surface area contributed by atoms with Gasteiger partial charge in [-0.05, 0) is 24.3 Å². The third kappa shape index (κ3) is 3.16. The van der Waals surface area contributed by atoms with Gasteiger partial charge in [0.2, 0.25) is 0 Å². The smallest absolute Gasteiger partial charge is 0.356 e. The molecule has 0 saturated heterocycles. The fraction of sp³-hybridized carbons (Fsp3) is 0.0625. The molecule has 120 valence electrons. The van der Waals surface area contributed by atoms with Crippen LogP contribution in [0.25, 0.3) is 11.0 Å². The van der Waals surface area contributed by atoms with Crippen LogP contribution in [0.3, 0.4) is 0 Å². The topological polar surface area (TPSA) is 94.1 Å². The number of para-hydroxylation sites is 2. The number of hydrogen-bond donors (Lipinski definition) is 1. The van der Waals surface area contributed by atoms with Crippen molar-refractivity contribution >= 4 is 40.2 Å². The number of nitrogens with one attached hydrogen (secondary N) is 1. The number of nitrogens with zero attached hydrogens (tertiary/aromatic N) is 3. The van der Waals surface area contributed by atoms with Gasteiger partial charge in [-0.3, -0.25) is 4.79 Å². The first-order valence-corrected chi connectivity index (χ1v) is 7.24. The first-order valence-electron chi connectivity index (χ1n) is 6.86. The summed E-state index contributed by atoms with van der Waals surface area (Å²) in [5.41, 5.74) is 1.58. The van der Waals surface area contributed by atoms with Crippen molar-refractivity contribution in [1.82, 2.24) is 15.0 Å². The Morgan fingerprint density at radius 2 is 1.83 bits per heavy atom. The second-order valence-electron chi connectivity index (χ2n) is 4.73. The lowest BCUT2D eigenvalue weighted by Gasteiger charge is -2.07. The number of carbonyl (C=O) groups excluding carboxylic acids is 2. The van der Waals surface area contributed by atoms with E-state index in [1.165, 1.54) is 25.4 Å². The predicted octanol–water partition coefficient (Wildman–Crippen LogP) is 2.72. The fourth-order valence-corrected chi connectivity index (χ4v) is 2.26. The van der Waals surface area contributed by atoms with Crippen molar-refractivity contribution in [2.75, 3.05) is 12.4 Å². The fourth-order valence-electron chi connectivity index (χ4n) is 2.04. The normalized spacial score (nSPS) is 10.4. The lowest BCUT2D eigenvalue weighted by Crippen LogP contribution is -2.16. The zero-order valence-corrected chi connectivity index (χ0v) is 13.2. The van der Waals surface area contributed by atoms with E-state index in [1.807, 2.05) is 0 Å². The summed E-state index contributed by atoms with van der Waals surface area (Å²) in [6.45, 7) is 0. The Bertz CT molecular complexity index is 946. The van der Waals surface area contributed by atoms with Gasteiger partial charge in [0.25, 0.3) is 5.91 Å². The summed E-state index contributed by atoms with van der Waals surface area (Å²) in [6, 6.07) is 10.0. The average molecular weight is 343 g/mol. The van der Waals surface area contributed by atoms with Crippen molar-refractivity contribution in [3.8, 4) is 0 Å². The van der Waals surface area contributed by atoms with Crippen LogP contribution in [0, 0.1) is 0 Å². The van der Waals surface area contributed by atoms with Crippen LogP contribution >= 0.6 is 11.6 Å². The Balaban J connectivity index is 1.90. The summed E-state index contributed by atoms with van der Waals surface area (Å²) in [6.07, 6.45) is 1.38. The van der Waals surface area contributed by atoms with Crippen LogP contribution in [-0.4, -0.2) is 33.9 Å². The van der Waals surface area contributed by atoms with Gasteiger partial charge in [-0.15, -0.1) is 0 Å². The minimum Gasteiger partial charge on any atom is -0.464 e. The molecule has 2 heterocycles. The van der Waals surface area contributed by atoms with Gasteiger partial charge >= 0.3 is 5.97 Å². The highest BCUT2D eigenvalue weighted by atomic mass is 35.5. The summed E-state index contributed by atoms with van der Waals surface area (Å²) in [7, 11) is 1.25. The second kappa shape index (κ2) is 6.59. The molecule has 3 aromatic rings. The quantitative estimate of drug-likeness (QED) is 0.735. The van der Waals surface area contributed by atoms with Crippen molar-refractivity contribution in [3.63, 3.8) is 0 Å². The van der Waals surface area contributed by atoms with Gasteiger partial charge in [0.15, 0.2) is 10.8 Å². The molecule has 0 aliphatic rings. The Labute approximate surface area is 141 Å². The number of esters is 1. The Kier molecular flexibility index (Phi) is 4.35. The van der Waals surface area contributed by atoms with E-state index in [0.717, 1.165) is 0 Å². The highest BCUT2D eigenvalue weighted by molar-refractivity contribution is 6.33. The zero-order valence-electron chi connectivity index (χ0n) is 12.5. The van der Waals surface area contributed by atoms with Gasteiger partial charge in [-0.25, -0.2) is 19.7 Å². The van der Waals surface area contributed by atoms with Gasteiger partial charge in [0, 0.05) is 11.9 Å². The monoisotopic (exact) mass is 342 g/mol. The molecule has 0 aliphatic carbocycles. The van der Waals surface area contributed by atoms with E-state index in [9.17, 15) is 9.59 Å². The van der Waals surface area contributed by atoms with E-state index in [1.54, 1.807) is 24.3 Å². The van der Waals surface area contributed by atoms with Crippen LogP contribution in [0.5, 0.6) is 0 Å². The third-order valence-corrected chi connectivity index (χ3v) is 3.42. The molecule has 0 spiro atoms. The minimum absolute atomic E-state index is 0.00607.